The molecule has 0 spiro atoms. The van der Waals surface area contributed by atoms with Gasteiger partial charge >= 0.3 is 0 Å². The zero-order valence-corrected chi connectivity index (χ0v) is 9.70. The third-order valence-corrected chi connectivity index (χ3v) is 2.53. The van der Waals surface area contributed by atoms with Gasteiger partial charge in [0.2, 0.25) is 6.29 Å². The van der Waals surface area contributed by atoms with Crippen LogP contribution in [0, 0.1) is 5.92 Å². The summed E-state index contributed by atoms with van der Waals surface area (Å²) in [4.78, 5) is 5.09. The second-order valence-electron chi connectivity index (χ2n) is 4.21. The molecule has 6 nitrogen and oxygen atoms in total. The maximum atomic E-state index is 9.71. The molecule has 0 aliphatic carbocycles. The molecule has 1 heterocycles. The molecule has 0 aromatic rings. The number of aliphatic hydroxyl groups is 3. The molecule has 0 bridgehead atoms. The summed E-state index contributed by atoms with van der Waals surface area (Å²) in [6.07, 6.45) is -3.70. The monoisotopic (exact) mass is 233 g/mol. The van der Waals surface area contributed by atoms with E-state index in [0.717, 1.165) is 5.71 Å². The quantitative estimate of drug-likeness (QED) is 0.450. The van der Waals surface area contributed by atoms with Crippen LogP contribution in [0.25, 0.3) is 0 Å². The Balaban J connectivity index is 2.67. The van der Waals surface area contributed by atoms with Crippen LogP contribution in [0.2, 0.25) is 0 Å². The Kier molecular flexibility index (Phi) is 4.67. The molecule has 6 heteroatoms. The summed E-state index contributed by atoms with van der Waals surface area (Å²) in [6, 6.07) is 0. The van der Waals surface area contributed by atoms with Crippen molar-refractivity contribution in [2.75, 3.05) is 6.61 Å². The minimum absolute atomic E-state index is 0.375. The highest BCUT2D eigenvalue weighted by Crippen LogP contribution is 2.26. The standard InChI is InChI=1S/C10H19NO5/c1-5(2)11-16-10-6(3)8(13)9(14)7(4-12)15-10/h6-10,12-14H,4H2,1-3H3/t6?,7?,8-,9+,10-/m1/s1. The lowest BCUT2D eigenvalue weighted by atomic mass is 9.93. The molecule has 2 unspecified atom stereocenters. The van der Waals surface area contributed by atoms with Gasteiger partial charge in [-0.1, -0.05) is 12.1 Å². The van der Waals surface area contributed by atoms with Crippen LogP contribution in [0.5, 0.6) is 0 Å². The van der Waals surface area contributed by atoms with Crippen LogP contribution in [0.4, 0.5) is 0 Å². The molecule has 3 N–H and O–H groups in total. The number of ether oxygens (including phenoxy) is 1. The topological polar surface area (TPSA) is 91.5 Å². The maximum absolute atomic E-state index is 9.71. The van der Waals surface area contributed by atoms with E-state index in [1.165, 1.54) is 0 Å². The lowest BCUT2D eigenvalue weighted by Gasteiger charge is -2.39. The van der Waals surface area contributed by atoms with Gasteiger partial charge < -0.3 is 24.9 Å². The maximum Gasteiger partial charge on any atom is 0.232 e. The van der Waals surface area contributed by atoms with E-state index in [1.807, 2.05) is 0 Å². The van der Waals surface area contributed by atoms with Crippen molar-refractivity contribution in [3.05, 3.63) is 0 Å². The zero-order valence-electron chi connectivity index (χ0n) is 9.70. The van der Waals surface area contributed by atoms with E-state index < -0.39 is 30.5 Å². The van der Waals surface area contributed by atoms with Gasteiger partial charge in [0.25, 0.3) is 0 Å². The molecule has 16 heavy (non-hydrogen) atoms. The van der Waals surface area contributed by atoms with Crippen LogP contribution in [0.1, 0.15) is 20.8 Å². The predicted molar refractivity (Wildman–Crippen MR) is 56.8 cm³/mol. The van der Waals surface area contributed by atoms with E-state index >= 15 is 0 Å². The summed E-state index contributed by atoms with van der Waals surface area (Å²) in [5.41, 5.74) is 0.719. The molecule has 0 saturated carbocycles. The fraction of sp³-hybridized carbons (Fsp3) is 0.900. The summed E-state index contributed by atoms with van der Waals surface area (Å²) >= 11 is 0. The summed E-state index contributed by atoms with van der Waals surface area (Å²) in [5.74, 6) is -0.416. The van der Waals surface area contributed by atoms with Crippen LogP contribution < -0.4 is 0 Å². The smallest absolute Gasteiger partial charge is 0.232 e. The van der Waals surface area contributed by atoms with Crippen molar-refractivity contribution in [3.8, 4) is 0 Å². The Morgan fingerprint density at radius 3 is 2.44 bits per heavy atom. The highest BCUT2D eigenvalue weighted by Gasteiger charge is 2.43. The van der Waals surface area contributed by atoms with Crippen molar-refractivity contribution < 1.29 is 24.9 Å². The number of rotatable bonds is 3. The average Bonchev–Trinajstić information content (AvgIpc) is 2.25. The molecule has 5 atom stereocenters. The Labute approximate surface area is 94.5 Å². The van der Waals surface area contributed by atoms with Crippen molar-refractivity contribution in [3.63, 3.8) is 0 Å². The lowest BCUT2D eigenvalue weighted by Crippen LogP contribution is -2.55. The van der Waals surface area contributed by atoms with Crippen molar-refractivity contribution >= 4 is 5.71 Å². The Morgan fingerprint density at radius 1 is 1.31 bits per heavy atom. The van der Waals surface area contributed by atoms with Gasteiger partial charge in [0.05, 0.1) is 18.4 Å². The van der Waals surface area contributed by atoms with E-state index in [9.17, 15) is 10.2 Å². The van der Waals surface area contributed by atoms with Gasteiger partial charge in [-0.25, -0.2) is 0 Å². The van der Waals surface area contributed by atoms with Crippen LogP contribution in [0.15, 0.2) is 5.16 Å². The number of hydrogen-bond donors (Lipinski definition) is 3. The summed E-state index contributed by atoms with van der Waals surface area (Å²) in [7, 11) is 0. The second kappa shape index (κ2) is 5.58. The van der Waals surface area contributed by atoms with E-state index in [0.29, 0.717) is 0 Å². The Bertz CT molecular complexity index is 252. The molecule has 1 rings (SSSR count). The molecule has 1 aliphatic heterocycles. The van der Waals surface area contributed by atoms with E-state index in [4.69, 9.17) is 14.7 Å². The summed E-state index contributed by atoms with van der Waals surface area (Å²) in [5, 5.41) is 32.0. The van der Waals surface area contributed by atoms with Gasteiger partial charge in [-0.2, -0.15) is 0 Å². The molecule has 1 fully saturated rings. The molecule has 1 aliphatic rings. The minimum atomic E-state index is -1.11. The van der Waals surface area contributed by atoms with Gasteiger partial charge in [0.1, 0.15) is 12.2 Å². The lowest BCUT2D eigenvalue weighted by molar-refractivity contribution is -0.282. The van der Waals surface area contributed by atoms with Crippen molar-refractivity contribution in [2.24, 2.45) is 11.1 Å². The van der Waals surface area contributed by atoms with E-state index in [-0.39, 0.29) is 6.61 Å². The van der Waals surface area contributed by atoms with Crippen LogP contribution in [-0.4, -0.2) is 52.2 Å². The van der Waals surface area contributed by atoms with Gasteiger partial charge in [-0.3, -0.25) is 0 Å². The first-order chi connectivity index (χ1) is 7.47. The normalized spacial score (nSPS) is 39.2. The fourth-order valence-electron chi connectivity index (χ4n) is 1.50. The molecule has 0 radical (unpaired) electrons. The summed E-state index contributed by atoms with van der Waals surface area (Å²) < 4.78 is 5.29. The third-order valence-electron chi connectivity index (χ3n) is 2.53. The molecule has 94 valence electrons. The Hall–Kier alpha value is -0.690. The predicted octanol–water partition coefficient (Wildman–Crippen LogP) is -0.526. The molecular weight excluding hydrogens is 214 g/mol. The first-order valence-electron chi connectivity index (χ1n) is 5.26. The third kappa shape index (κ3) is 2.91. The molecular formula is C10H19NO5. The van der Waals surface area contributed by atoms with Crippen LogP contribution in [-0.2, 0) is 9.57 Å². The Morgan fingerprint density at radius 2 is 1.94 bits per heavy atom. The number of hydrogen-bond acceptors (Lipinski definition) is 6. The van der Waals surface area contributed by atoms with Gasteiger partial charge in [0.15, 0.2) is 0 Å². The highest BCUT2D eigenvalue weighted by atomic mass is 16.8. The molecule has 0 aromatic carbocycles. The fourth-order valence-corrected chi connectivity index (χ4v) is 1.50. The van der Waals surface area contributed by atoms with E-state index in [1.54, 1.807) is 20.8 Å². The molecule has 1 saturated heterocycles. The first kappa shape index (κ1) is 13.4. The zero-order chi connectivity index (χ0) is 12.3. The molecule has 0 amide bonds. The van der Waals surface area contributed by atoms with Gasteiger partial charge in [0, 0.05) is 5.92 Å². The SMILES string of the molecule is CC(C)=NO[C@H]1OC(CO)[C@H](O)[C@H](O)C1C. The van der Waals surface area contributed by atoms with E-state index in [2.05, 4.69) is 5.16 Å². The first-order valence-corrected chi connectivity index (χ1v) is 5.26. The molecule has 0 aromatic heterocycles. The second-order valence-corrected chi connectivity index (χ2v) is 4.21. The van der Waals surface area contributed by atoms with Crippen LogP contribution >= 0.6 is 0 Å². The minimum Gasteiger partial charge on any atom is -0.394 e. The summed E-state index contributed by atoms with van der Waals surface area (Å²) in [6.45, 7) is 4.84. The number of aliphatic hydroxyl groups excluding tert-OH is 3. The van der Waals surface area contributed by atoms with Crippen LogP contribution in [0.3, 0.4) is 0 Å². The van der Waals surface area contributed by atoms with Crippen molar-refractivity contribution in [1.82, 2.24) is 0 Å². The van der Waals surface area contributed by atoms with Crippen molar-refractivity contribution in [1.29, 1.82) is 0 Å². The van der Waals surface area contributed by atoms with Crippen molar-refractivity contribution in [2.45, 2.75) is 45.4 Å². The number of oxime groups is 1. The van der Waals surface area contributed by atoms with Gasteiger partial charge in [-0.05, 0) is 13.8 Å². The number of nitrogens with zero attached hydrogens (tertiary/aromatic N) is 1. The largest absolute Gasteiger partial charge is 0.394 e. The highest BCUT2D eigenvalue weighted by molar-refractivity contribution is 5.78. The van der Waals surface area contributed by atoms with Gasteiger partial charge in [-0.15, -0.1) is 0 Å². The average molecular weight is 233 g/mol.